The molecule has 8 heteroatoms. The minimum absolute atomic E-state index is 0.0489. The van der Waals surface area contributed by atoms with Gasteiger partial charge in [-0.15, -0.1) is 0 Å². The zero-order chi connectivity index (χ0) is 28.5. The summed E-state index contributed by atoms with van der Waals surface area (Å²) < 4.78 is 31.7. The maximum atomic E-state index is 12.6. The highest BCUT2D eigenvalue weighted by Gasteiger charge is 2.38. The average Bonchev–Trinajstić information content (AvgIpc) is 2.92. The molecule has 3 aromatic carbocycles. The summed E-state index contributed by atoms with van der Waals surface area (Å²) in [6.07, 6.45) is 0.0617. The number of benzene rings is 3. The number of carbonyl (C=O) groups is 2. The molecule has 4 rings (SSSR count). The molecule has 1 aliphatic carbocycles. The van der Waals surface area contributed by atoms with Crippen molar-refractivity contribution in [2.45, 2.75) is 64.8 Å². The highest BCUT2D eigenvalue weighted by atomic mass is 19.4. The molecule has 0 radical (unpaired) electrons. The number of alkyl halides is 3. The van der Waals surface area contributed by atoms with Crippen LogP contribution in [0.25, 0.3) is 11.1 Å². The van der Waals surface area contributed by atoms with Crippen molar-refractivity contribution in [3.05, 3.63) is 95.6 Å². The Morgan fingerprint density at radius 1 is 0.846 bits per heavy atom. The minimum atomic E-state index is -5.08. The van der Waals surface area contributed by atoms with E-state index in [1.165, 1.54) is 31.2 Å². The summed E-state index contributed by atoms with van der Waals surface area (Å²) in [5.41, 5.74) is 5.78. The van der Waals surface area contributed by atoms with Crippen LogP contribution < -0.4 is 10.6 Å². The number of aliphatic carboxylic acids is 1. The zero-order valence-corrected chi connectivity index (χ0v) is 22.2. The summed E-state index contributed by atoms with van der Waals surface area (Å²) in [5, 5.41) is 13.9. The second kappa shape index (κ2) is 13.4. The molecule has 0 aromatic heterocycles. The van der Waals surface area contributed by atoms with Crippen LogP contribution in [0.2, 0.25) is 0 Å². The quantitative estimate of drug-likeness (QED) is 0.302. The Morgan fingerprint density at radius 2 is 1.44 bits per heavy atom. The molecule has 5 nitrogen and oxygen atoms in total. The van der Waals surface area contributed by atoms with Gasteiger partial charge in [-0.3, -0.25) is 4.79 Å². The highest BCUT2D eigenvalue weighted by molar-refractivity contribution is 5.95. The third-order valence-corrected chi connectivity index (χ3v) is 6.88. The molecule has 1 amide bonds. The molecule has 0 spiro atoms. The molecule has 0 unspecified atom stereocenters. The Morgan fingerprint density at radius 3 is 2.03 bits per heavy atom. The molecule has 0 saturated heterocycles. The third kappa shape index (κ3) is 9.87. The lowest BCUT2D eigenvalue weighted by atomic mass is 9.75. The monoisotopic (exact) mass is 540 g/mol. The van der Waals surface area contributed by atoms with E-state index in [1.807, 2.05) is 48.5 Å². The van der Waals surface area contributed by atoms with E-state index in [0.717, 1.165) is 23.2 Å². The van der Waals surface area contributed by atoms with Crippen molar-refractivity contribution >= 4 is 11.9 Å². The van der Waals surface area contributed by atoms with E-state index in [1.54, 1.807) is 0 Å². The van der Waals surface area contributed by atoms with Crippen LogP contribution >= 0.6 is 0 Å². The summed E-state index contributed by atoms with van der Waals surface area (Å²) in [5.74, 6) is -2.81. The van der Waals surface area contributed by atoms with Gasteiger partial charge in [0.15, 0.2) is 0 Å². The number of carboxylic acid groups (broad SMARTS) is 1. The average molecular weight is 541 g/mol. The highest BCUT2D eigenvalue weighted by Crippen LogP contribution is 2.35. The Kier molecular flexibility index (Phi) is 10.3. The normalized spacial score (nSPS) is 15.1. The smallest absolute Gasteiger partial charge is 0.475 e. The summed E-state index contributed by atoms with van der Waals surface area (Å²) in [6, 6.07) is 27.2. The van der Waals surface area contributed by atoms with Crippen molar-refractivity contribution in [2.24, 2.45) is 5.41 Å². The zero-order valence-electron chi connectivity index (χ0n) is 22.2. The molecule has 3 aromatic rings. The van der Waals surface area contributed by atoms with Gasteiger partial charge in [-0.2, -0.15) is 13.2 Å². The van der Waals surface area contributed by atoms with Crippen molar-refractivity contribution < 1.29 is 27.9 Å². The van der Waals surface area contributed by atoms with E-state index >= 15 is 0 Å². The first-order valence-electron chi connectivity index (χ1n) is 13.0. The van der Waals surface area contributed by atoms with Gasteiger partial charge >= 0.3 is 12.1 Å². The molecule has 0 aliphatic heterocycles. The van der Waals surface area contributed by atoms with Gasteiger partial charge in [-0.1, -0.05) is 80.6 Å². The predicted molar refractivity (Wildman–Crippen MR) is 146 cm³/mol. The van der Waals surface area contributed by atoms with Gasteiger partial charge in [0.25, 0.3) is 5.91 Å². The van der Waals surface area contributed by atoms with Crippen LogP contribution in [-0.2, 0) is 17.9 Å². The van der Waals surface area contributed by atoms with Gasteiger partial charge in [-0.25, -0.2) is 4.79 Å². The molecule has 208 valence electrons. The first kappa shape index (κ1) is 29.9. The lowest BCUT2D eigenvalue weighted by Gasteiger charge is -2.34. The first-order chi connectivity index (χ1) is 18.4. The Labute approximate surface area is 227 Å². The summed E-state index contributed by atoms with van der Waals surface area (Å²) in [6.45, 7) is 6.20. The lowest BCUT2D eigenvalue weighted by molar-refractivity contribution is -0.192. The third-order valence-electron chi connectivity index (χ3n) is 6.88. The van der Waals surface area contributed by atoms with E-state index in [-0.39, 0.29) is 5.91 Å². The van der Waals surface area contributed by atoms with Gasteiger partial charge < -0.3 is 15.7 Å². The van der Waals surface area contributed by atoms with Gasteiger partial charge in [0.2, 0.25) is 0 Å². The molecule has 0 atom stereocenters. The molecule has 1 saturated carbocycles. The van der Waals surface area contributed by atoms with Crippen LogP contribution in [0.3, 0.4) is 0 Å². The van der Waals surface area contributed by atoms with Crippen molar-refractivity contribution in [3.8, 4) is 11.1 Å². The molecular weight excluding hydrogens is 505 g/mol. The number of carbonyl (C=O) groups excluding carboxylic acids is 1. The largest absolute Gasteiger partial charge is 0.490 e. The Bertz CT molecular complexity index is 1220. The molecular formula is C31H35F3N2O3. The maximum absolute atomic E-state index is 12.6. The Hall–Kier alpha value is -3.65. The van der Waals surface area contributed by atoms with Crippen LogP contribution in [-0.4, -0.2) is 29.2 Å². The second-order valence-electron chi connectivity index (χ2n) is 10.6. The van der Waals surface area contributed by atoms with Crippen molar-refractivity contribution in [2.75, 3.05) is 0 Å². The Balaban J connectivity index is 0.000000532. The second-order valence-corrected chi connectivity index (χ2v) is 10.6. The topological polar surface area (TPSA) is 78.4 Å². The molecule has 1 aliphatic rings. The van der Waals surface area contributed by atoms with Gasteiger partial charge in [-0.05, 0) is 65.5 Å². The van der Waals surface area contributed by atoms with Crippen LogP contribution in [0, 0.1) is 5.41 Å². The number of hydrogen-bond acceptors (Lipinski definition) is 3. The van der Waals surface area contributed by atoms with Gasteiger partial charge in [0, 0.05) is 24.7 Å². The number of halogens is 3. The molecule has 0 heterocycles. The first-order valence-corrected chi connectivity index (χ1v) is 13.0. The summed E-state index contributed by atoms with van der Waals surface area (Å²) in [4.78, 5) is 21.5. The van der Waals surface area contributed by atoms with Crippen molar-refractivity contribution in [3.63, 3.8) is 0 Å². The predicted octanol–water partition coefficient (Wildman–Crippen LogP) is 6.98. The fourth-order valence-electron chi connectivity index (χ4n) is 4.40. The van der Waals surface area contributed by atoms with E-state index in [9.17, 15) is 18.0 Å². The van der Waals surface area contributed by atoms with E-state index < -0.39 is 12.1 Å². The van der Waals surface area contributed by atoms with Gasteiger partial charge in [0.1, 0.15) is 0 Å². The number of hydrogen-bond donors (Lipinski definition) is 3. The van der Waals surface area contributed by atoms with Gasteiger partial charge in [0.05, 0.1) is 0 Å². The molecule has 1 fully saturated rings. The fraction of sp³-hybridized carbons (Fsp3) is 0.355. The number of amides is 1. The summed E-state index contributed by atoms with van der Waals surface area (Å²) in [7, 11) is 0. The van der Waals surface area contributed by atoms with E-state index in [2.05, 4.69) is 54.8 Å². The van der Waals surface area contributed by atoms with E-state index in [0.29, 0.717) is 23.6 Å². The minimum Gasteiger partial charge on any atom is -0.475 e. The SMILES string of the molecule is CC1(C)CCC(NCc2ccc(-c3cccc(C(=O)NCc4ccccc4)c3)cc2)CC1.O=C(O)C(F)(F)F. The van der Waals surface area contributed by atoms with Crippen LogP contribution in [0.1, 0.15) is 61.0 Å². The number of carboxylic acids is 1. The van der Waals surface area contributed by atoms with Crippen molar-refractivity contribution in [1.29, 1.82) is 0 Å². The van der Waals surface area contributed by atoms with E-state index in [4.69, 9.17) is 9.90 Å². The van der Waals surface area contributed by atoms with Crippen molar-refractivity contribution in [1.82, 2.24) is 10.6 Å². The molecule has 3 N–H and O–H groups in total. The standard InChI is InChI=1S/C29H34N2O.C2HF3O2/c1-29(2)17-15-27(16-18-29)30-20-23-11-13-24(14-12-23)25-9-6-10-26(19-25)28(32)31-21-22-7-4-3-5-8-22;3-2(4,5)1(6)7/h3-14,19,27,30H,15-18,20-21H2,1-2H3,(H,31,32);(H,6,7). The van der Waals surface area contributed by atoms with Crippen LogP contribution in [0.15, 0.2) is 78.9 Å². The number of nitrogens with one attached hydrogen (secondary N) is 2. The maximum Gasteiger partial charge on any atom is 0.490 e. The molecule has 39 heavy (non-hydrogen) atoms. The fourth-order valence-corrected chi connectivity index (χ4v) is 4.40. The van der Waals surface area contributed by atoms with Crippen LogP contribution in [0.4, 0.5) is 13.2 Å². The molecule has 0 bridgehead atoms. The summed E-state index contributed by atoms with van der Waals surface area (Å²) >= 11 is 0. The van der Waals surface area contributed by atoms with Crippen LogP contribution in [0.5, 0.6) is 0 Å². The lowest BCUT2D eigenvalue weighted by Crippen LogP contribution is -2.35. The number of rotatable bonds is 7.